The smallest absolute Gasteiger partial charge is 0.145 e. The Hall–Kier alpha value is -2.59. The zero-order valence-corrected chi connectivity index (χ0v) is 23.4. The van der Waals surface area contributed by atoms with Gasteiger partial charge < -0.3 is 15.0 Å². The van der Waals surface area contributed by atoms with E-state index >= 15 is 0 Å². The topological polar surface area (TPSA) is 24.5 Å². The molecule has 1 heterocycles. The number of fused-ring (bicyclic) bond motifs is 1. The molecule has 1 atom stereocenters. The van der Waals surface area contributed by atoms with Gasteiger partial charge in [0.05, 0.1) is 10.8 Å². The Kier molecular flexibility index (Phi) is 10.2. The predicted octanol–water partition coefficient (Wildman–Crippen LogP) is 7.74. The molecular weight excluding hydrogens is 476 g/mol. The van der Waals surface area contributed by atoms with E-state index in [9.17, 15) is 0 Å². The number of hydrogen-bond acceptors (Lipinski definition) is 3. The van der Waals surface area contributed by atoms with Crippen LogP contribution in [0.1, 0.15) is 60.9 Å². The highest BCUT2D eigenvalue weighted by atomic mass is 35.5. The molecule has 4 heteroatoms. The van der Waals surface area contributed by atoms with Gasteiger partial charge in [0.15, 0.2) is 0 Å². The van der Waals surface area contributed by atoms with Gasteiger partial charge in [-0.2, -0.15) is 0 Å². The number of benzene rings is 3. The van der Waals surface area contributed by atoms with E-state index in [0.717, 1.165) is 69.7 Å². The maximum atomic E-state index is 6.63. The molecule has 0 spiro atoms. The maximum absolute atomic E-state index is 6.63. The number of nitrogens with zero attached hydrogens (tertiary/aromatic N) is 1. The monoisotopic (exact) mass is 516 g/mol. The molecule has 4 rings (SSSR count). The normalized spacial score (nSPS) is 16.3. The molecule has 0 amide bonds. The molecule has 0 fully saturated rings. The molecule has 0 aliphatic carbocycles. The first-order valence-electron chi connectivity index (χ1n) is 13.7. The lowest BCUT2D eigenvalue weighted by molar-refractivity contribution is 0.238. The molecule has 3 aromatic rings. The number of halogens is 1. The van der Waals surface area contributed by atoms with Crippen molar-refractivity contribution in [3.05, 3.63) is 111 Å². The number of unbranched alkanes of at least 4 members (excludes halogenated alkanes) is 1. The minimum atomic E-state index is 0.484. The van der Waals surface area contributed by atoms with Crippen LogP contribution in [0.15, 0.2) is 78.6 Å². The van der Waals surface area contributed by atoms with Crippen LogP contribution in [0.4, 0.5) is 0 Å². The third-order valence-electron chi connectivity index (χ3n) is 7.41. The summed E-state index contributed by atoms with van der Waals surface area (Å²) in [5.41, 5.74) is 6.88. The van der Waals surface area contributed by atoms with Crippen molar-refractivity contribution in [2.45, 2.75) is 71.5 Å². The van der Waals surface area contributed by atoms with Crippen molar-refractivity contribution in [2.75, 3.05) is 13.6 Å². The summed E-state index contributed by atoms with van der Waals surface area (Å²) in [7, 11) is 2.26. The minimum absolute atomic E-state index is 0.484. The first-order valence-corrected chi connectivity index (χ1v) is 14.1. The Balaban J connectivity index is 1.41. The van der Waals surface area contributed by atoms with Crippen molar-refractivity contribution in [3.63, 3.8) is 0 Å². The second-order valence-electron chi connectivity index (χ2n) is 10.2. The lowest BCUT2D eigenvalue weighted by atomic mass is 9.94. The second kappa shape index (κ2) is 13.8. The number of hydrogen-bond donors (Lipinski definition) is 1. The van der Waals surface area contributed by atoms with Crippen molar-refractivity contribution in [2.24, 2.45) is 0 Å². The average Bonchev–Trinajstić information content (AvgIpc) is 3.06. The van der Waals surface area contributed by atoms with Gasteiger partial charge in [0.25, 0.3) is 0 Å². The quantitative estimate of drug-likeness (QED) is 0.264. The standard InChI is InChI=1S/C33H41ClN2O/c1-4-5-11-25(2)37-33-22-30-20-31(36(3)19-18-28(30)21-32(33)34)17-16-27-14-9-10-15-29(27)24-35-23-26-12-7-6-8-13-26/h6-15,21-22,31,35H,4-5,16-20,23-24H2,1-3H3/b25-11+. The summed E-state index contributed by atoms with van der Waals surface area (Å²) < 4.78 is 6.14. The van der Waals surface area contributed by atoms with Crippen molar-refractivity contribution < 1.29 is 4.74 Å². The van der Waals surface area contributed by atoms with Gasteiger partial charge in [0.1, 0.15) is 5.75 Å². The van der Waals surface area contributed by atoms with E-state index in [2.05, 4.69) is 97.0 Å². The van der Waals surface area contributed by atoms with Crippen LogP contribution >= 0.6 is 11.6 Å². The Morgan fingerprint density at radius 2 is 1.78 bits per heavy atom. The average molecular weight is 517 g/mol. The molecule has 1 N–H and O–H groups in total. The third kappa shape index (κ3) is 7.95. The van der Waals surface area contributed by atoms with E-state index in [1.165, 1.54) is 27.8 Å². The summed E-state index contributed by atoms with van der Waals surface area (Å²) in [5.74, 6) is 1.70. The number of aryl methyl sites for hydroxylation is 1. The third-order valence-corrected chi connectivity index (χ3v) is 7.71. The van der Waals surface area contributed by atoms with Gasteiger partial charge in [-0.1, -0.05) is 79.5 Å². The molecular formula is C33H41ClN2O. The predicted molar refractivity (Wildman–Crippen MR) is 156 cm³/mol. The van der Waals surface area contributed by atoms with Gasteiger partial charge in [-0.15, -0.1) is 0 Å². The number of likely N-dealkylation sites (N-methyl/N-ethyl adjacent to an activating group) is 1. The highest BCUT2D eigenvalue weighted by molar-refractivity contribution is 6.32. The number of rotatable bonds is 11. The molecule has 0 saturated heterocycles. The van der Waals surface area contributed by atoms with Crippen LogP contribution in [0.5, 0.6) is 5.75 Å². The van der Waals surface area contributed by atoms with E-state index in [1.807, 2.05) is 6.92 Å². The number of ether oxygens (including phenoxy) is 1. The molecule has 3 nitrogen and oxygen atoms in total. The van der Waals surface area contributed by atoms with Gasteiger partial charge in [-0.3, -0.25) is 0 Å². The first kappa shape index (κ1) is 27.4. The van der Waals surface area contributed by atoms with Crippen molar-refractivity contribution >= 4 is 11.6 Å². The highest BCUT2D eigenvalue weighted by Crippen LogP contribution is 2.33. The molecule has 37 heavy (non-hydrogen) atoms. The van der Waals surface area contributed by atoms with Gasteiger partial charge in [0.2, 0.25) is 0 Å². The van der Waals surface area contributed by atoms with E-state index in [4.69, 9.17) is 16.3 Å². The lowest BCUT2D eigenvalue weighted by Gasteiger charge is -2.26. The van der Waals surface area contributed by atoms with Crippen LogP contribution < -0.4 is 10.1 Å². The molecule has 1 unspecified atom stereocenters. The lowest BCUT2D eigenvalue weighted by Crippen LogP contribution is -2.33. The number of allylic oxidation sites excluding steroid dienone is 2. The van der Waals surface area contributed by atoms with E-state index in [1.54, 1.807) is 0 Å². The van der Waals surface area contributed by atoms with Gasteiger partial charge in [0, 0.05) is 25.7 Å². The molecule has 0 aromatic heterocycles. The summed E-state index contributed by atoms with van der Waals surface area (Å²) in [6, 6.07) is 24.3. The maximum Gasteiger partial charge on any atom is 0.145 e. The zero-order valence-electron chi connectivity index (χ0n) is 22.6. The van der Waals surface area contributed by atoms with E-state index in [-0.39, 0.29) is 0 Å². The van der Waals surface area contributed by atoms with Gasteiger partial charge in [-0.25, -0.2) is 0 Å². The minimum Gasteiger partial charge on any atom is -0.461 e. The fourth-order valence-electron chi connectivity index (χ4n) is 5.15. The number of nitrogens with one attached hydrogen (secondary N) is 1. The molecule has 0 saturated carbocycles. The van der Waals surface area contributed by atoms with Crippen molar-refractivity contribution in [1.29, 1.82) is 0 Å². The van der Waals surface area contributed by atoms with Crippen LogP contribution in [0, 0.1) is 0 Å². The van der Waals surface area contributed by atoms with Crippen LogP contribution in [-0.2, 0) is 32.4 Å². The molecule has 0 radical (unpaired) electrons. The molecule has 1 aliphatic rings. The van der Waals surface area contributed by atoms with Crippen LogP contribution in [0.2, 0.25) is 5.02 Å². The molecule has 1 aliphatic heterocycles. The van der Waals surface area contributed by atoms with E-state index in [0.29, 0.717) is 11.1 Å². The Labute approximate surface area is 228 Å². The fraction of sp³-hybridized carbons (Fsp3) is 0.394. The fourth-order valence-corrected chi connectivity index (χ4v) is 5.37. The summed E-state index contributed by atoms with van der Waals surface area (Å²) in [6.45, 7) is 7.01. The highest BCUT2D eigenvalue weighted by Gasteiger charge is 2.23. The van der Waals surface area contributed by atoms with E-state index < -0.39 is 0 Å². The van der Waals surface area contributed by atoms with Crippen molar-refractivity contribution in [3.8, 4) is 5.75 Å². The summed E-state index contributed by atoms with van der Waals surface area (Å²) in [5, 5.41) is 4.34. The van der Waals surface area contributed by atoms with Crippen LogP contribution in [0.3, 0.4) is 0 Å². The zero-order chi connectivity index (χ0) is 26.0. The largest absolute Gasteiger partial charge is 0.461 e. The molecule has 3 aromatic carbocycles. The van der Waals surface area contributed by atoms with Gasteiger partial charge in [-0.05, 0) is 92.1 Å². The Bertz CT molecular complexity index is 1170. The second-order valence-corrected chi connectivity index (χ2v) is 10.6. The van der Waals surface area contributed by atoms with Crippen molar-refractivity contribution in [1.82, 2.24) is 10.2 Å². The SMILES string of the molecule is CCC/C=C(\C)Oc1cc2c(cc1Cl)CCN(C)C(CCc1ccccc1CNCc1ccccc1)C2. The Morgan fingerprint density at radius 1 is 1.03 bits per heavy atom. The van der Waals surface area contributed by atoms with Gasteiger partial charge >= 0.3 is 0 Å². The first-order chi connectivity index (χ1) is 18.0. The van der Waals surface area contributed by atoms with Crippen LogP contribution in [-0.4, -0.2) is 24.5 Å². The van der Waals surface area contributed by atoms with Crippen LogP contribution in [0.25, 0.3) is 0 Å². The summed E-state index contributed by atoms with van der Waals surface area (Å²) >= 11 is 6.63. The molecule has 196 valence electrons. The Morgan fingerprint density at radius 3 is 2.57 bits per heavy atom. The summed E-state index contributed by atoms with van der Waals surface area (Å²) in [4.78, 5) is 2.52. The molecule has 0 bridgehead atoms. The summed E-state index contributed by atoms with van der Waals surface area (Å²) in [6.07, 6.45) is 8.51.